The highest BCUT2D eigenvalue weighted by molar-refractivity contribution is 6.35. The van der Waals surface area contributed by atoms with Crippen molar-refractivity contribution in [3.63, 3.8) is 0 Å². The molecule has 6 rings (SSSR count). The molecule has 3 fully saturated rings. The standard InChI is InChI=1S/C35H43Cl2FN6O3/c1-23-7-11-41(22-35(23,2)3)12-8-26-20-44(40-39-26)27-9-13-42(14-10-27)33(45)24-5-4-6-25(17-24)34(46)43-15-16-47-32(21-43)28-18-31(38)30(37)19-29(28)36/h4-6,17-20,23,27,32H,7-16,21-22H2,1-3H3. The molecule has 3 aromatic rings. The maximum Gasteiger partial charge on any atom is 0.254 e. The number of amides is 2. The highest BCUT2D eigenvalue weighted by Crippen LogP contribution is 2.35. The third-order valence-corrected chi connectivity index (χ3v) is 10.9. The van der Waals surface area contributed by atoms with E-state index < -0.39 is 11.9 Å². The Hall–Kier alpha value is -3.05. The van der Waals surface area contributed by atoms with Crippen molar-refractivity contribution in [3.05, 3.63) is 80.8 Å². The number of likely N-dealkylation sites (tertiary alicyclic amines) is 2. The SMILES string of the molecule is CC1CCN(CCc2cn(C3CCN(C(=O)c4cccc(C(=O)N5CCOC(c6cc(F)c(Cl)cc6Cl)C5)c4)CC3)nn2)CC1(C)C. The molecule has 47 heavy (non-hydrogen) atoms. The number of carbonyl (C=O) groups is 2. The molecule has 3 aliphatic heterocycles. The molecular weight excluding hydrogens is 642 g/mol. The van der Waals surface area contributed by atoms with Crippen LogP contribution >= 0.6 is 23.2 Å². The number of ether oxygens (including phenoxy) is 1. The van der Waals surface area contributed by atoms with Gasteiger partial charge in [-0.1, -0.05) is 55.3 Å². The Morgan fingerprint density at radius 3 is 2.43 bits per heavy atom. The molecule has 2 atom stereocenters. The third-order valence-electron chi connectivity index (χ3n) is 10.3. The Kier molecular flexibility index (Phi) is 10.2. The largest absolute Gasteiger partial charge is 0.370 e. The highest BCUT2D eigenvalue weighted by atomic mass is 35.5. The molecule has 4 heterocycles. The van der Waals surface area contributed by atoms with Crippen LogP contribution in [0.15, 0.2) is 42.6 Å². The molecule has 2 unspecified atom stereocenters. The van der Waals surface area contributed by atoms with Gasteiger partial charge in [0.15, 0.2) is 0 Å². The Morgan fingerprint density at radius 2 is 1.70 bits per heavy atom. The first-order valence-corrected chi connectivity index (χ1v) is 17.3. The number of piperidine rings is 2. The van der Waals surface area contributed by atoms with Crippen LogP contribution in [0.5, 0.6) is 0 Å². The van der Waals surface area contributed by atoms with Crippen LogP contribution in [0, 0.1) is 17.2 Å². The zero-order valence-corrected chi connectivity index (χ0v) is 28.8. The van der Waals surface area contributed by atoms with Gasteiger partial charge in [-0.15, -0.1) is 5.10 Å². The van der Waals surface area contributed by atoms with Crippen molar-refractivity contribution in [1.82, 2.24) is 29.7 Å². The van der Waals surface area contributed by atoms with Gasteiger partial charge in [0, 0.05) is 67.1 Å². The molecule has 252 valence electrons. The number of hydrogen-bond acceptors (Lipinski definition) is 6. The lowest BCUT2D eigenvalue weighted by Crippen LogP contribution is -2.45. The van der Waals surface area contributed by atoms with Gasteiger partial charge in [-0.3, -0.25) is 9.59 Å². The Morgan fingerprint density at radius 1 is 0.979 bits per heavy atom. The van der Waals surface area contributed by atoms with Crippen molar-refractivity contribution in [2.75, 3.05) is 52.4 Å². The average Bonchev–Trinajstić information content (AvgIpc) is 3.55. The van der Waals surface area contributed by atoms with Crippen molar-refractivity contribution >= 4 is 35.0 Å². The van der Waals surface area contributed by atoms with Gasteiger partial charge in [-0.05, 0) is 67.5 Å². The summed E-state index contributed by atoms with van der Waals surface area (Å²) in [7, 11) is 0. The zero-order chi connectivity index (χ0) is 33.3. The van der Waals surface area contributed by atoms with Gasteiger partial charge in [0.25, 0.3) is 11.8 Å². The first-order chi connectivity index (χ1) is 22.5. The van der Waals surface area contributed by atoms with Crippen LogP contribution in [0.2, 0.25) is 10.0 Å². The van der Waals surface area contributed by atoms with Crippen LogP contribution in [0.1, 0.15) is 84.2 Å². The molecule has 0 aliphatic carbocycles. The van der Waals surface area contributed by atoms with E-state index in [1.807, 2.05) is 9.58 Å². The fourth-order valence-corrected chi connectivity index (χ4v) is 7.44. The first-order valence-electron chi connectivity index (χ1n) is 16.6. The minimum atomic E-state index is -0.596. The van der Waals surface area contributed by atoms with E-state index in [9.17, 15) is 14.0 Å². The summed E-state index contributed by atoms with van der Waals surface area (Å²) in [5, 5.41) is 9.12. The smallest absolute Gasteiger partial charge is 0.254 e. The second-order valence-electron chi connectivity index (χ2n) is 13.9. The van der Waals surface area contributed by atoms with Gasteiger partial charge in [0.2, 0.25) is 0 Å². The molecule has 0 saturated carbocycles. The molecule has 3 saturated heterocycles. The number of hydrogen-bond donors (Lipinski definition) is 0. The van der Waals surface area contributed by atoms with E-state index >= 15 is 0 Å². The normalized spacial score (nSPS) is 22.4. The molecule has 12 heteroatoms. The van der Waals surface area contributed by atoms with Crippen LogP contribution in [0.4, 0.5) is 4.39 Å². The molecular formula is C35H43Cl2FN6O3. The number of rotatable bonds is 7. The Balaban J connectivity index is 1.02. The van der Waals surface area contributed by atoms with E-state index in [0.717, 1.165) is 50.5 Å². The van der Waals surface area contributed by atoms with E-state index in [0.29, 0.717) is 41.7 Å². The fourth-order valence-electron chi connectivity index (χ4n) is 6.94. The van der Waals surface area contributed by atoms with Crippen molar-refractivity contribution in [1.29, 1.82) is 0 Å². The van der Waals surface area contributed by atoms with Gasteiger partial charge in [0.1, 0.15) is 11.9 Å². The van der Waals surface area contributed by atoms with Crippen molar-refractivity contribution in [2.45, 2.75) is 58.6 Å². The molecule has 0 N–H and O–H groups in total. The Labute approximate surface area is 285 Å². The maximum absolute atomic E-state index is 14.2. The number of halogens is 3. The van der Waals surface area contributed by atoms with E-state index in [4.69, 9.17) is 27.9 Å². The molecule has 2 amide bonds. The zero-order valence-electron chi connectivity index (χ0n) is 27.3. The summed E-state index contributed by atoms with van der Waals surface area (Å²) >= 11 is 12.2. The predicted octanol–water partition coefficient (Wildman–Crippen LogP) is 6.33. The second-order valence-corrected chi connectivity index (χ2v) is 14.7. The van der Waals surface area contributed by atoms with Gasteiger partial charge in [-0.2, -0.15) is 0 Å². The first kappa shape index (κ1) is 33.8. The van der Waals surface area contributed by atoms with Gasteiger partial charge in [0.05, 0.1) is 29.9 Å². The summed E-state index contributed by atoms with van der Waals surface area (Å²) in [6, 6.07) is 9.64. The molecule has 0 spiro atoms. The molecule has 0 bridgehead atoms. The lowest BCUT2D eigenvalue weighted by atomic mass is 9.75. The quantitative estimate of drug-likeness (QED) is 0.271. The lowest BCUT2D eigenvalue weighted by molar-refractivity contribution is -0.0228. The van der Waals surface area contributed by atoms with Crippen molar-refractivity contribution in [2.24, 2.45) is 11.3 Å². The summed E-state index contributed by atoms with van der Waals surface area (Å²) in [4.78, 5) is 33.1. The lowest BCUT2D eigenvalue weighted by Gasteiger charge is -2.43. The van der Waals surface area contributed by atoms with Crippen molar-refractivity contribution in [3.8, 4) is 0 Å². The molecule has 3 aliphatic rings. The van der Waals surface area contributed by atoms with Crippen LogP contribution in [0.25, 0.3) is 0 Å². The van der Waals surface area contributed by atoms with E-state index in [1.54, 1.807) is 29.2 Å². The molecule has 2 aromatic carbocycles. The predicted molar refractivity (Wildman–Crippen MR) is 179 cm³/mol. The number of carbonyl (C=O) groups excluding carboxylic acids is 2. The van der Waals surface area contributed by atoms with Crippen molar-refractivity contribution < 1.29 is 18.7 Å². The van der Waals surface area contributed by atoms with Crippen LogP contribution in [-0.4, -0.2) is 93.9 Å². The summed E-state index contributed by atoms with van der Waals surface area (Å²) < 4.78 is 22.0. The van der Waals surface area contributed by atoms with Crippen LogP contribution < -0.4 is 0 Å². The van der Waals surface area contributed by atoms with Crippen LogP contribution in [-0.2, 0) is 11.2 Å². The molecule has 9 nitrogen and oxygen atoms in total. The monoisotopic (exact) mass is 684 g/mol. The van der Waals surface area contributed by atoms with Crippen LogP contribution in [0.3, 0.4) is 0 Å². The number of benzene rings is 2. The number of nitrogens with zero attached hydrogens (tertiary/aromatic N) is 6. The second kappa shape index (κ2) is 14.2. The molecule has 0 radical (unpaired) electrons. The summed E-state index contributed by atoms with van der Waals surface area (Å²) in [5.74, 6) is -0.179. The van der Waals surface area contributed by atoms with E-state index in [2.05, 4.69) is 42.2 Å². The minimum absolute atomic E-state index is 0.0710. The van der Waals surface area contributed by atoms with Gasteiger partial charge < -0.3 is 19.4 Å². The minimum Gasteiger partial charge on any atom is -0.370 e. The van der Waals surface area contributed by atoms with E-state index in [-0.39, 0.29) is 41.1 Å². The number of morpholine rings is 1. The average molecular weight is 686 g/mol. The van der Waals surface area contributed by atoms with E-state index in [1.165, 1.54) is 18.6 Å². The van der Waals surface area contributed by atoms with Gasteiger partial charge in [-0.25, -0.2) is 9.07 Å². The topological polar surface area (TPSA) is 83.8 Å². The maximum atomic E-state index is 14.2. The fraction of sp³-hybridized carbons (Fsp3) is 0.543. The third kappa shape index (κ3) is 7.66. The Bertz CT molecular complexity index is 1610. The summed E-state index contributed by atoms with van der Waals surface area (Å²) in [6.07, 6.45) is 5.17. The molecule has 1 aromatic heterocycles. The summed E-state index contributed by atoms with van der Waals surface area (Å²) in [5.41, 5.74) is 2.67. The highest BCUT2D eigenvalue weighted by Gasteiger charge is 2.33. The van der Waals surface area contributed by atoms with Gasteiger partial charge >= 0.3 is 0 Å². The number of aromatic nitrogens is 3. The summed E-state index contributed by atoms with van der Waals surface area (Å²) in [6.45, 7) is 12.4.